The summed E-state index contributed by atoms with van der Waals surface area (Å²) in [5.74, 6) is 3.01. The summed E-state index contributed by atoms with van der Waals surface area (Å²) in [6.07, 6.45) is 3.39. The van der Waals surface area contributed by atoms with Gasteiger partial charge in [0.2, 0.25) is 5.88 Å². The molecule has 1 aromatic heterocycles. The molecule has 3 rings (SSSR count). The summed E-state index contributed by atoms with van der Waals surface area (Å²) in [4.78, 5) is 8.84. The second-order valence-corrected chi connectivity index (χ2v) is 5.21. The van der Waals surface area contributed by atoms with E-state index in [1.807, 2.05) is 6.92 Å². The maximum atomic E-state index is 5.91. The lowest BCUT2D eigenvalue weighted by molar-refractivity contribution is 0.165. The molecule has 1 unspecified atom stereocenters. The monoisotopic (exact) mass is 249 g/mol. The summed E-state index contributed by atoms with van der Waals surface area (Å²) < 4.78 is 11.1. The van der Waals surface area contributed by atoms with Gasteiger partial charge in [0.25, 0.3) is 0 Å². The molecule has 0 amide bonds. The van der Waals surface area contributed by atoms with E-state index in [9.17, 15) is 0 Å². The molecular weight excluding hydrogens is 230 g/mol. The molecule has 0 spiro atoms. The zero-order valence-electron chi connectivity index (χ0n) is 10.7. The smallest absolute Gasteiger partial charge is 0.221 e. The minimum Gasteiger partial charge on any atom is -0.477 e. The van der Waals surface area contributed by atoms with Gasteiger partial charge in [-0.15, -0.1) is 0 Å². The molecular formula is C13H19N3O2. The van der Waals surface area contributed by atoms with Crippen molar-refractivity contribution in [3.63, 3.8) is 0 Å². The molecule has 2 N–H and O–H groups in total. The summed E-state index contributed by atoms with van der Waals surface area (Å²) in [5.41, 5.74) is 6.76. The van der Waals surface area contributed by atoms with Gasteiger partial charge in [-0.25, -0.2) is 4.98 Å². The molecule has 1 saturated heterocycles. The Balaban J connectivity index is 1.72. The fraction of sp³-hybridized carbons (Fsp3) is 0.692. The quantitative estimate of drug-likeness (QED) is 0.878. The number of anilines is 1. The van der Waals surface area contributed by atoms with Crippen LogP contribution in [0.15, 0.2) is 0 Å². The Morgan fingerprint density at radius 1 is 1.33 bits per heavy atom. The number of nitrogen functional groups attached to an aromatic ring is 1. The molecule has 2 fully saturated rings. The van der Waals surface area contributed by atoms with E-state index in [-0.39, 0.29) is 0 Å². The summed E-state index contributed by atoms with van der Waals surface area (Å²) in [7, 11) is 0. The van der Waals surface area contributed by atoms with Crippen molar-refractivity contribution < 1.29 is 9.47 Å². The van der Waals surface area contributed by atoms with Crippen molar-refractivity contribution in [2.75, 3.05) is 25.6 Å². The molecule has 1 atom stereocenters. The molecule has 2 heterocycles. The second kappa shape index (κ2) is 4.72. The van der Waals surface area contributed by atoms with Crippen LogP contribution in [0.5, 0.6) is 5.88 Å². The van der Waals surface area contributed by atoms with E-state index in [2.05, 4.69) is 9.97 Å². The van der Waals surface area contributed by atoms with Crippen LogP contribution in [0.3, 0.4) is 0 Å². The first-order valence-electron chi connectivity index (χ1n) is 6.58. The SMILES string of the molecule is Cc1c(N)nc(C2CC2)nc1OCC1CCOC1. The molecule has 18 heavy (non-hydrogen) atoms. The average molecular weight is 249 g/mol. The van der Waals surface area contributed by atoms with Gasteiger partial charge in [0.15, 0.2) is 0 Å². The molecule has 2 aliphatic rings. The van der Waals surface area contributed by atoms with Crippen LogP contribution in [-0.4, -0.2) is 29.8 Å². The van der Waals surface area contributed by atoms with Gasteiger partial charge >= 0.3 is 0 Å². The highest BCUT2D eigenvalue weighted by Crippen LogP contribution is 2.39. The van der Waals surface area contributed by atoms with Crippen LogP contribution in [0.4, 0.5) is 5.82 Å². The van der Waals surface area contributed by atoms with Crippen molar-refractivity contribution in [1.82, 2.24) is 9.97 Å². The third-order valence-electron chi connectivity index (χ3n) is 3.58. The Bertz CT molecular complexity index is 440. The third kappa shape index (κ3) is 2.41. The molecule has 5 nitrogen and oxygen atoms in total. The summed E-state index contributed by atoms with van der Waals surface area (Å²) in [6.45, 7) is 4.19. The van der Waals surface area contributed by atoms with E-state index in [1.165, 1.54) is 12.8 Å². The van der Waals surface area contributed by atoms with Crippen molar-refractivity contribution in [3.8, 4) is 5.88 Å². The number of hydrogen-bond acceptors (Lipinski definition) is 5. The summed E-state index contributed by atoms with van der Waals surface area (Å²) >= 11 is 0. The van der Waals surface area contributed by atoms with Crippen molar-refractivity contribution in [1.29, 1.82) is 0 Å². The van der Waals surface area contributed by atoms with Gasteiger partial charge in [0, 0.05) is 18.4 Å². The van der Waals surface area contributed by atoms with Gasteiger partial charge < -0.3 is 15.2 Å². The summed E-state index contributed by atoms with van der Waals surface area (Å²) in [6, 6.07) is 0. The zero-order chi connectivity index (χ0) is 12.5. The summed E-state index contributed by atoms with van der Waals surface area (Å²) in [5, 5.41) is 0. The van der Waals surface area contributed by atoms with E-state index in [1.54, 1.807) is 0 Å². The number of ether oxygens (including phenoxy) is 2. The lowest BCUT2D eigenvalue weighted by Crippen LogP contribution is -2.14. The average Bonchev–Trinajstić information content (AvgIpc) is 3.08. The van der Waals surface area contributed by atoms with Crippen LogP contribution in [0.1, 0.15) is 36.6 Å². The number of rotatable bonds is 4. The maximum Gasteiger partial charge on any atom is 0.221 e. The molecule has 1 aliphatic carbocycles. The van der Waals surface area contributed by atoms with Crippen molar-refractivity contribution in [2.45, 2.75) is 32.1 Å². The third-order valence-corrected chi connectivity index (χ3v) is 3.58. The van der Waals surface area contributed by atoms with Gasteiger partial charge in [0.1, 0.15) is 11.6 Å². The Morgan fingerprint density at radius 3 is 2.83 bits per heavy atom. The fourth-order valence-electron chi connectivity index (χ4n) is 2.11. The highest BCUT2D eigenvalue weighted by molar-refractivity contribution is 5.45. The molecule has 5 heteroatoms. The Labute approximate surface area is 107 Å². The number of aromatic nitrogens is 2. The van der Waals surface area contributed by atoms with E-state index >= 15 is 0 Å². The van der Waals surface area contributed by atoms with Crippen LogP contribution in [0.2, 0.25) is 0 Å². The highest BCUT2D eigenvalue weighted by Gasteiger charge is 2.28. The predicted molar refractivity (Wildman–Crippen MR) is 67.6 cm³/mol. The van der Waals surface area contributed by atoms with Crippen LogP contribution in [0.25, 0.3) is 0 Å². The molecule has 0 radical (unpaired) electrons. The van der Waals surface area contributed by atoms with Crippen LogP contribution >= 0.6 is 0 Å². The molecule has 1 aliphatic heterocycles. The minimum atomic E-state index is 0.477. The van der Waals surface area contributed by atoms with E-state index in [4.69, 9.17) is 15.2 Å². The Hall–Kier alpha value is -1.36. The Kier molecular flexibility index (Phi) is 3.07. The molecule has 98 valence electrons. The van der Waals surface area contributed by atoms with Gasteiger partial charge in [-0.3, -0.25) is 0 Å². The van der Waals surface area contributed by atoms with Crippen LogP contribution in [0, 0.1) is 12.8 Å². The van der Waals surface area contributed by atoms with Crippen molar-refractivity contribution >= 4 is 5.82 Å². The number of nitrogens with zero attached hydrogens (tertiary/aromatic N) is 2. The number of hydrogen-bond donors (Lipinski definition) is 1. The van der Waals surface area contributed by atoms with Crippen LogP contribution in [-0.2, 0) is 4.74 Å². The van der Waals surface area contributed by atoms with Crippen LogP contribution < -0.4 is 10.5 Å². The first kappa shape index (κ1) is 11.7. The van der Waals surface area contributed by atoms with Crippen molar-refractivity contribution in [2.24, 2.45) is 5.92 Å². The molecule has 1 saturated carbocycles. The molecule has 0 bridgehead atoms. The van der Waals surface area contributed by atoms with Gasteiger partial charge in [-0.1, -0.05) is 0 Å². The molecule has 1 aromatic rings. The van der Waals surface area contributed by atoms with E-state index < -0.39 is 0 Å². The lowest BCUT2D eigenvalue weighted by atomic mass is 10.1. The zero-order valence-corrected chi connectivity index (χ0v) is 10.7. The number of nitrogens with two attached hydrogens (primary N) is 1. The van der Waals surface area contributed by atoms with Gasteiger partial charge in [0.05, 0.1) is 18.8 Å². The fourth-order valence-corrected chi connectivity index (χ4v) is 2.11. The lowest BCUT2D eigenvalue weighted by Gasteiger charge is -2.13. The van der Waals surface area contributed by atoms with Gasteiger partial charge in [-0.05, 0) is 26.2 Å². The van der Waals surface area contributed by atoms with E-state index in [0.717, 1.165) is 31.0 Å². The minimum absolute atomic E-state index is 0.477. The first-order valence-corrected chi connectivity index (χ1v) is 6.58. The maximum absolute atomic E-state index is 5.91. The first-order chi connectivity index (χ1) is 8.74. The largest absolute Gasteiger partial charge is 0.477 e. The van der Waals surface area contributed by atoms with E-state index in [0.29, 0.717) is 30.1 Å². The van der Waals surface area contributed by atoms with Crippen molar-refractivity contribution in [3.05, 3.63) is 11.4 Å². The highest BCUT2D eigenvalue weighted by atomic mass is 16.5. The van der Waals surface area contributed by atoms with Gasteiger partial charge in [-0.2, -0.15) is 4.98 Å². The predicted octanol–water partition coefficient (Wildman–Crippen LogP) is 1.66. The normalized spacial score (nSPS) is 23.3. The molecule has 0 aromatic carbocycles. The second-order valence-electron chi connectivity index (χ2n) is 5.21. The Morgan fingerprint density at radius 2 is 2.17 bits per heavy atom. The standard InChI is InChI=1S/C13H19N3O2/c1-8-11(14)15-12(10-2-3-10)16-13(8)18-7-9-4-5-17-6-9/h9-10H,2-7H2,1H3,(H2,14,15,16). The topological polar surface area (TPSA) is 70.3 Å².